The molecule has 0 spiro atoms. The van der Waals surface area contributed by atoms with Crippen LogP contribution < -0.4 is 0 Å². The quantitative estimate of drug-likeness (QED) is 0.727. The molecule has 4 heterocycles. The van der Waals surface area contributed by atoms with E-state index in [1.54, 1.807) is 0 Å². The number of carbonyl (C=O) groups is 2. The van der Waals surface area contributed by atoms with Crippen molar-refractivity contribution in [2.45, 2.75) is 44.2 Å². The number of fused-ring (bicyclic) bond motifs is 4. The third-order valence-corrected chi connectivity index (χ3v) is 7.68. The summed E-state index contributed by atoms with van der Waals surface area (Å²) >= 11 is 0. The molecule has 0 radical (unpaired) electrons. The number of rotatable bonds is 4. The molecule has 1 aromatic carbocycles. The summed E-state index contributed by atoms with van der Waals surface area (Å²) in [6.07, 6.45) is 8.93. The number of benzene rings is 1. The number of carbonyl (C=O) groups excluding carboxylic acids is 2. The largest absolute Gasteiger partial charge is 0.380 e. The highest BCUT2D eigenvalue weighted by Crippen LogP contribution is 2.42. The fraction of sp³-hybridized carbons (Fsp3) is 0.615. The molecule has 6 nitrogen and oxygen atoms in total. The minimum atomic E-state index is -0.303. The predicted molar refractivity (Wildman–Crippen MR) is 124 cm³/mol. The molecule has 4 fully saturated rings. The molecule has 0 unspecified atom stereocenters. The molecular formula is C26H35N3O3. The summed E-state index contributed by atoms with van der Waals surface area (Å²) in [5.74, 6) is 1.03. The molecule has 4 saturated heterocycles. The maximum absolute atomic E-state index is 13.8. The highest BCUT2D eigenvalue weighted by molar-refractivity contribution is 5.89. The molecule has 4 aliphatic rings. The Morgan fingerprint density at radius 3 is 2.78 bits per heavy atom. The topological polar surface area (TPSA) is 53.1 Å². The van der Waals surface area contributed by atoms with Crippen LogP contribution in [-0.2, 0) is 14.3 Å². The Kier molecular flexibility index (Phi) is 6.60. The van der Waals surface area contributed by atoms with E-state index in [0.29, 0.717) is 32.1 Å². The van der Waals surface area contributed by atoms with Crippen molar-refractivity contribution in [2.75, 3.05) is 45.9 Å². The summed E-state index contributed by atoms with van der Waals surface area (Å²) in [5, 5.41) is 0. The average molecular weight is 438 g/mol. The van der Waals surface area contributed by atoms with Gasteiger partial charge < -0.3 is 14.5 Å². The maximum atomic E-state index is 13.8. The third kappa shape index (κ3) is 4.48. The van der Waals surface area contributed by atoms with Crippen LogP contribution in [0.15, 0.2) is 36.4 Å². The van der Waals surface area contributed by atoms with E-state index in [4.69, 9.17) is 4.74 Å². The molecule has 0 N–H and O–H groups in total. The predicted octanol–water partition coefficient (Wildman–Crippen LogP) is 2.65. The molecule has 6 heteroatoms. The third-order valence-electron chi connectivity index (χ3n) is 7.68. The summed E-state index contributed by atoms with van der Waals surface area (Å²) in [5.41, 5.74) is 1.21. The van der Waals surface area contributed by atoms with Crippen LogP contribution in [-0.4, -0.2) is 84.5 Å². The van der Waals surface area contributed by atoms with E-state index >= 15 is 0 Å². The highest BCUT2D eigenvalue weighted by Gasteiger charge is 2.52. The standard InChI is InChI=1S/C26H35N3O3/c30-24-11-4-10-23-21-17-22(19-27(18-21)12-5-9-20-7-2-1-3-8-20)25(29(23)24)26(31)28-13-6-15-32-16-14-28/h1-3,5,7-9,21-23,25H,4,6,10-19H2/b9-5+/t21-,22+,23+,25-/m1/s1. The van der Waals surface area contributed by atoms with E-state index in [2.05, 4.69) is 41.3 Å². The summed E-state index contributed by atoms with van der Waals surface area (Å²) in [4.78, 5) is 33.3. The van der Waals surface area contributed by atoms with Gasteiger partial charge in [0.05, 0.1) is 6.61 Å². The number of hydrogen-bond acceptors (Lipinski definition) is 4. The van der Waals surface area contributed by atoms with Crippen LogP contribution in [0.1, 0.15) is 37.7 Å². The van der Waals surface area contributed by atoms with Gasteiger partial charge in [0.25, 0.3) is 0 Å². The minimum absolute atomic E-state index is 0.154. The van der Waals surface area contributed by atoms with Crippen LogP contribution in [0.25, 0.3) is 6.08 Å². The number of likely N-dealkylation sites (tertiary alicyclic amines) is 1. The van der Waals surface area contributed by atoms with Crippen molar-refractivity contribution in [3.05, 3.63) is 42.0 Å². The van der Waals surface area contributed by atoms with Gasteiger partial charge in [-0.05, 0) is 37.2 Å². The molecule has 4 atom stereocenters. The van der Waals surface area contributed by atoms with Crippen molar-refractivity contribution in [2.24, 2.45) is 11.8 Å². The van der Waals surface area contributed by atoms with Gasteiger partial charge >= 0.3 is 0 Å². The number of ether oxygens (including phenoxy) is 1. The second-order valence-corrected chi connectivity index (χ2v) is 9.78. The Balaban J connectivity index is 1.34. The lowest BCUT2D eigenvalue weighted by atomic mass is 9.71. The molecule has 32 heavy (non-hydrogen) atoms. The SMILES string of the molecule is O=C([C@H]1[C@H]2C[C@H](CN(C/C=C/c3ccccc3)C2)[C@@H]2CCCC(=O)N21)N1CCCOCC1. The first-order valence-electron chi connectivity index (χ1n) is 12.3. The molecule has 5 rings (SSSR count). The van der Waals surface area contributed by atoms with Crippen molar-refractivity contribution < 1.29 is 14.3 Å². The zero-order valence-corrected chi connectivity index (χ0v) is 18.9. The van der Waals surface area contributed by atoms with Crippen molar-refractivity contribution in [3.63, 3.8) is 0 Å². The van der Waals surface area contributed by atoms with Gasteiger partial charge in [-0.1, -0.05) is 42.5 Å². The van der Waals surface area contributed by atoms with Gasteiger partial charge in [0.15, 0.2) is 0 Å². The summed E-state index contributed by atoms with van der Waals surface area (Å²) in [6, 6.07) is 10.3. The van der Waals surface area contributed by atoms with Crippen LogP contribution in [0, 0.1) is 11.8 Å². The lowest BCUT2D eigenvalue weighted by Crippen LogP contribution is -2.68. The van der Waals surface area contributed by atoms with Crippen LogP contribution >= 0.6 is 0 Å². The van der Waals surface area contributed by atoms with Gasteiger partial charge in [-0.3, -0.25) is 14.5 Å². The van der Waals surface area contributed by atoms with Gasteiger partial charge in [-0.2, -0.15) is 0 Å². The first-order valence-corrected chi connectivity index (χ1v) is 12.3. The lowest BCUT2D eigenvalue weighted by molar-refractivity contribution is -0.165. The lowest BCUT2D eigenvalue weighted by Gasteiger charge is -2.56. The highest BCUT2D eigenvalue weighted by atomic mass is 16.5. The summed E-state index contributed by atoms with van der Waals surface area (Å²) in [6.45, 7) is 5.48. The Morgan fingerprint density at radius 1 is 1.06 bits per heavy atom. The number of piperidine rings is 3. The van der Waals surface area contributed by atoms with Crippen molar-refractivity contribution in [1.82, 2.24) is 14.7 Å². The molecule has 2 bridgehead atoms. The number of hydrogen-bond donors (Lipinski definition) is 0. The van der Waals surface area contributed by atoms with Crippen LogP contribution in [0.2, 0.25) is 0 Å². The molecule has 4 aliphatic heterocycles. The molecule has 172 valence electrons. The monoisotopic (exact) mass is 437 g/mol. The van der Waals surface area contributed by atoms with Gasteiger partial charge in [-0.25, -0.2) is 0 Å². The molecule has 0 aromatic heterocycles. The van der Waals surface area contributed by atoms with Crippen LogP contribution in [0.4, 0.5) is 0 Å². The number of amides is 2. The molecule has 2 amide bonds. The maximum Gasteiger partial charge on any atom is 0.245 e. The second-order valence-electron chi connectivity index (χ2n) is 9.78. The van der Waals surface area contributed by atoms with E-state index in [0.717, 1.165) is 51.9 Å². The zero-order chi connectivity index (χ0) is 21.9. The van der Waals surface area contributed by atoms with E-state index < -0.39 is 0 Å². The first kappa shape index (κ1) is 21.7. The van der Waals surface area contributed by atoms with E-state index in [9.17, 15) is 9.59 Å². The van der Waals surface area contributed by atoms with Crippen molar-refractivity contribution >= 4 is 17.9 Å². The fourth-order valence-electron chi connectivity index (χ4n) is 6.28. The molecule has 0 saturated carbocycles. The van der Waals surface area contributed by atoms with Crippen LogP contribution in [0.5, 0.6) is 0 Å². The Labute approximate surface area is 191 Å². The van der Waals surface area contributed by atoms with Crippen molar-refractivity contribution in [3.8, 4) is 0 Å². The zero-order valence-electron chi connectivity index (χ0n) is 18.9. The van der Waals surface area contributed by atoms with E-state index in [-0.39, 0.29) is 29.8 Å². The number of nitrogens with zero attached hydrogens (tertiary/aromatic N) is 3. The summed E-state index contributed by atoms with van der Waals surface area (Å²) < 4.78 is 5.58. The van der Waals surface area contributed by atoms with Gasteiger partial charge in [0, 0.05) is 57.7 Å². The van der Waals surface area contributed by atoms with Gasteiger partial charge in [-0.15, -0.1) is 0 Å². The van der Waals surface area contributed by atoms with E-state index in [1.165, 1.54) is 5.56 Å². The molecule has 1 aromatic rings. The Morgan fingerprint density at radius 2 is 1.91 bits per heavy atom. The normalized spacial score (nSPS) is 31.4. The van der Waals surface area contributed by atoms with Crippen LogP contribution in [0.3, 0.4) is 0 Å². The minimum Gasteiger partial charge on any atom is -0.380 e. The second kappa shape index (κ2) is 9.75. The smallest absolute Gasteiger partial charge is 0.245 e. The Bertz CT molecular complexity index is 834. The first-order chi connectivity index (χ1) is 15.7. The Hall–Kier alpha value is -2.18. The average Bonchev–Trinajstić information content (AvgIpc) is 3.10. The fourth-order valence-corrected chi connectivity index (χ4v) is 6.28. The van der Waals surface area contributed by atoms with Gasteiger partial charge in [0.2, 0.25) is 11.8 Å². The molecule has 0 aliphatic carbocycles. The van der Waals surface area contributed by atoms with Crippen molar-refractivity contribution in [1.29, 1.82) is 0 Å². The summed E-state index contributed by atoms with van der Waals surface area (Å²) in [7, 11) is 0. The van der Waals surface area contributed by atoms with E-state index in [1.807, 2.05) is 15.9 Å². The molecular weight excluding hydrogens is 402 g/mol. The van der Waals surface area contributed by atoms with Gasteiger partial charge in [0.1, 0.15) is 6.04 Å².